The zero-order valence-corrected chi connectivity index (χ0v) is 10.2. The van der Waals surface area contributed by atoms with Crippen LogP contribution in [0.4, 0.5) is 13.2 Å². The molecule has 0 aliphatic heterocycles. The molecule has 1 N–H and O–H groups in total. The molecule has 0 heterocycles. The zero-order valence-electron chi connectivity index (χ0n) is 10.2. The molecule has 2 rings (SSSR count). The average Bonchev–Trinajstić information content (AvgIpc) is 2.46. The van der Waals surface area contributed by atoms with Crippen LogP contribution >= 0.6 is 0 Å². The summed E-state index contributed by atoms with van der Waals surface area (Å²) in [6.45, 7) is 0. The first-order valence-electron chi connectivity index (χ1n) is 5.77. The Balaban J connectivity index is 2.31. The van der Waals surface area contributed by atoms with E-state index in [4.69, 9.17) is 10.4 Å². The first-order chi connectivity index (χ1) is 9.41. The Morgan fingerprint density at radius 2 is 1.65 bits per heavy atom. The topological polar surface area (TPSA) is 44.0 Å². The molecule has 2 aromatic rings. The monoisotopic (exact) mass is 277 g/mol. The van der Waals surface area contributed by atoms with E-state index in [9.17, 15) is 13.2 Å². The van der Waals surface area contributed by atoms with Crippen molar-refractivity contribution in [3.63, 3.8) is 0 Å². The lowest BCUT2D eigenvalue weighted by Gasteiger charge is -2.15. The van der Waals surface area contributed by atoms with Crippen LogP contribution in [0, 0.1) is 11.3 Å². The quantitative estimate of drug-likeness (QED) is 0.906. The van der Waals surface area contributed by atoms with Crippen LogP contribution in [0.3, 0.4) is 0 Å². The van der Waals surface area contributed by atoms with Crippen LogP contribution in [0.2, 0.25) is 0 Å². The van der Waals surface area contributed by atoms with Gasteiger partial charge in [-0.1, -0.05) is 36.4 Å². The number of aliphatic hydroxyl groups excluding tert-OH is 1. The van der Waals surface area contributed by atoms with Gasteiger partial charge in [0.15, 0.2) is 6.10 Å². The van der Waals surface area contributed by atoms with Crippen molar-refractivity contribution in [3.8, 4) is 17.2 Å². The molecule has 20 heavy (non-hydrogen) atoms. The van der Waals surface area contributed by atoms with E-state index in [0.717, 1.165) is 5.56 Å². The summed E-state index contributed by atoms with van der Waals surface area (Å²) in [4.78, 5) is 0. The molecule has 2 aromatic carbocycles. The number of alkyl halides is 3. The smallest absolute Gasteiger partial charge is 0.379 e. The van der Waals surface area contributed by atoms with Crippen LogP contribution in [-0.2, 0) is 0 Å². The highest BCUT2D eigenvalue weighted by Crippen LogP contribution is 2.33. The standard InChI is InChI=1S/C15H10F3NO/c16-15(17,18)14(20)12-6-4-11(5-7-12)13-3-1-2-10(8-13)9-19/h1-8,14,20H/t14-/m0/s1. The van der Waals surface area contributed by atoms with Crippen LogP contribution in [0.5, 0.6) is 0 Å². The second-order valence-corrected chi connectivity index (χ2v) is 4.26. The molecule has 0 saturated carbocycles. The highest BCUT2D eigenvalue weighted by Gasteiger charge is 2.39. The Labute approximate surface area is 113 Å². The Morgan fingerprint density at radius 3 is 2.20 bits per heavy atom. The second kappa shape index (κ2) is 5.35. The minimum atomic E-state index is -4.68. The van der Waals surface area contributed by atoms with Gasteiger partial charge < -0.3 is 5.11 Å². The van der Waals surface area contributed by atoms with Crippen molar-refractivity contribution in [1.29, 1.82) is 5.26 Å². The van der Waals surface area contributed by atoms with Crippen LogP contribution in [0.15, 0.2) is 48.5 Å². The van der Waals surface area contributed by atoms with E-state index in [1.165, 1.54) is 24.3 Å². The molecule has 0 bridgehead atoms. The minimum absolute atomic E-state index is 0.210. The van der Waals surface area contributed by atoms with Gasteiger partial charge in [0.1, 0.15) is 0 Å². The predicted octanol–water partition coefficient (Wildman–Crippen LogP) is 3.82. The van der Waals surface area contributed by atoms with Crippen molar-refractivity contribution in [2.75, 3.05) is 0 Å². The van der Waals surface area contributed by atoms with Crippen molar-refractivity contribution in [2.45, 2.75) is 12.3 Å². The maximum atomic E-state index is 12.4. The molecule has 0 aliphatic rings. The van der Waals surface area contributed by atoms with Crippen LogP contribution in [0.25, 0.3) is 11.1 Å². The number of rotatable bonds is 2. The van der Waals surface area contributed by atoms with Gasteiger partial charge >= 0.3 is 6.18 Å². The van der Waals surface area contributed by atoms with E-state index in [2.05, 4.69) is 0 Å². The van der Waals surface area contributed by atoms with E-state index >= 15 is 0 Å². The number of halogens is 3. The van der Waals surface area contributed by atoms with Gasteiger partial charge in [0.25, 0.3) is 0 Å². The number of hydrogen-bond donors (Lipinski definition) is 1. The SMILES string of the molecule is N#Cc1cccc(-c2ccc([C@H](O)C(F)(F)F)cc2)c1. The number of benzene rings is 2. The van der Waals surface area contributed by atoms with Gasteiger partial charge in [-0.25, -0.2) is 0 Å². The minimum Gasteiger partial charge on any atom is -0.379 e. The van der Waals surface area contributed by atoms with E-state index < -0.39 is 12.3 Å². The molecule has 0 aromatic heterocycles. The summed E-state index contributed by atoms with van der Waals surface area (Å²) in [5.41, 5.74) is 1.68. The molecular formula is C15H10F3NO. The summed E-state index contributed by atoms with van der Waals surface area (Å²) in [6.07, 6.45) is -7.16. The van der Waals surface area contributed by atoms with Gasteiger partial charge in [0.2, 0.25) is 0 Å². The summed E-state index contributed by atoms with van der Waals surface area (Å²) in [5, 5.41) is 17.9. The lowest BCUT2D eigenvalue weighted by Crippen LogP contribution is -2.19. The summed E-state index contributed by atoms with van der Waals surface area (Å²) < 4.78 is 37.1. The fraction of sp³-hybridized carbons (Fsp3) is 0.133. The first-order valence-corrected chi connectivity index (χ1v) is 5.77. The van der Waals surface area contributed by atoms with E-state index in [1.807, 2.05) is 6.07 Å². The summed E-state index contributed by atoms with van der Waals surface area (Å²) in [6, 6.07) is 14.2. The molecular weight excluding hydrogens is 267 g/mol. The third-order valence-electron chi connectivity index (χ3n) is 2.86. The van der Waals surface area contributed by atoms with Crippen LogP contribution in [0.1, 0.15) is 17.2 Å². The third kappa shape index (κ3) is 2.98. The number of nitriles is 1. The van der Waals surface area contributed by atoms with Crippen molar-refractivity contribution >= 4 is 0 Å². The van der Waals surface area contributed by atoms with Crippen molar-refractivity contribution < 1.29 is 18.3 Å². The largest absolute Gasteiger partial charge is 0.418 e. The number of nitrogens with zero attached hydrogens (tertiary/aromatic N) is 1. The van der Waals surface area contributed by atoms with Gasteiger partial charge in [0.05, 0.1) is 11.6 Å². The maximum absolute atomic E-state index is 12.4. The van der Waals surface area contributed by atoms with Crippen molar-refractivity contribution in [3.05, 3.63) is 59.7 Å². The Morgan fingerprint density at radius 1 is 1.00 bits per heavy atom. The van der Waals surface area contributed by atoms with Gasteiger partial charge in [-0.05, 0) is 28.8 Å². The molecule has 102 valence electrons. The van der Waals surface area contributed by atoms with Crippen molar-refractivity contribution in [1.82, 2.24) is 0 Å². The highest BCUT2D eigenvalue weighted by molar-refractivity contribution is 5.65. The molecule has 0 spiro atoms. The second-order valence-electron chi connectivity index (χ2n) is 4.26. The number of hydrogen-bond acceptors (Lipinski definition) is 2. The fourth-order valence-corrected chi connectivity index (χ4v) is 1.82. The lowest BCUT2D eigenvalue weighted by atomic mass is 10.0. The summed E-state index contributed by atoms with van der Waals surface area (Å²) in [7, 11) is 0. The highest BCUT2D eigenvalue weighted by atomic mass is 19.4. The summed E-state index contributed by atoms with van der Waals surface area (Å²) >= 11 is 0. The van der Waals surface area contributed by atoms with Crippen LogP contribution < -0.4 is 0 Å². The molecule has 0 saturated heterocycles. The maximum Gasteiger partial charge on any atom is 0.418 e. The zero-order chi connectivity index (χ0) is 14.8. The van der Waals surface area contributed by atoms with E-state index in [0.29, 0.717) is 11.1 Å². The Hall–Kier alpha value is -2.32. The van der Waals surface area contributed by atoms with E-state index in [1.54, 1.807) is 24.3 Å². The average molecular weight is 277 g/mol. The normalized spacial score (nSPS) is 12.8. The number of aliphatic hydroxyl groups is 1. The molecule has 5 heteroatoms. The molecule has 0 amide bonds. The molecule has 1 atom stereocenters. The Kier molecular flexibility index (Phi) is 3.77. The van der Waals surface area contributed by atoms with Gasteiger partial charge in [0, 0.05) is 0 Å². The molecule has 2 nitrogen and oxygen atoms in total. The van der Waals surface area contributed by atoms with Gasteiger partial charge in [-0.3, -0.25) is 0 Å². The van der Waals surface area contributed by atoms with Crippen molar-refractivity contribution in [2.24, 2.45) is 0 Å². The molecule has 0 unspecified atom stereocenters. The fourth-order valence-electron chi connectivity index (χ4n) is 1.82. The molecule has 0 fully saturated rings. The van der Waals surface area contributed by atoms with Crippen LogP contribution in [-0.4, -0.2) is 11.3 Å². The lowest BCUT2D eigenvalue weighted by molar-refractivity contribution is -0.206. The molecule has 0 radical (unpaired) electrons. The van der Waals surface area contributed by atoms with E-state index in [-0.39, 0.29) is 5.56 Å². The molecule has 0 aliphatic carbocycles. The van der Waals surface area contributed by atoms with Gasteiger partial charge in [-0.15, -0.1) is 0 Å². The first kappa shape index (κ1) is 14.1. The summed E-state index contributed by atoms with van der Waals surface area (Å²) in [5.74, 6) is 0. The predicted molar refractivity (Wildman–Crippen MR) is 67.6 cm³/mol. The third-order valence-corrected chi connectivity index (χ3v) is 2.86. The van der Waals surface area contributed by atoms with Gasteiger partial charge in [-0.2, -0.15) is 18.4 Å². The Bertz CT molecular complexity index is 641.